The number of hydrogen-bond acceptors (Lipinski definition) is 4. The van der Waals surface area contributed by atoms with Crippen LogP contribution in [0.15, 0.2) is 28.7 Å². The molecule has 2 aromatic rings. The molecule has 0 unspecified atom stereocenters. The lowest BCUT2D eigenvalue weighted by Crippen LogP contribution is -2.36. The van der Waals surface area contributed by atoms with Gasteiger partial charge < -0.3 is 15.4 Å². The number of alkyl halides is 3. The first-order chi connectivity index (χ1) is 14.2. The number of carbonyl (C=O) groups is 1. The number of fused-ring (bicyclic) bond motifs is 1. The van der Waals surface area contributed by atoms with E-state index >= 15 is 0 Å². The molecule has 1 aromatic heterocycles. The third-order valence-corrected chi connectivity index (χ3v) is 6.18. The molecule has 2 aliphatic heterocycles. The average Bonchev–Trinajstić information content (AvgIpc) is 3.33. The summed E-state index contributed by atoms with van der Waals surface area (Å²) in [5, 5.41) is 9.48. The number of benzene rings is 1. The Balaban J connectivity index is 1.62. The molecule has 6 nitrogen and oxygen atoms in total. The smallest absolute Gasteiger partial charge is 0.376 e. The zero-order valence-electron chi connectivity index (χ0n) is 15.7. The van der Waals surface area contributed by atoms with Crippen LogP contribution in [0.25, 0.3) is 0 Å². The summed E-state index contributed by atoms with van der Waals surface area (Å²) < 4.78 is 48.5. The Morgan fingerprint density at radius 2 is 2.10 bits per heavy atom. The average molecular weight is 508 g/mol. The lowest BCUT2D eigenvalue weighted by Gasteiger charge is -2.33. The Kier molecular flexibility index (Phi) is 6.00. The van der Waals surface area contributed by atoms with Crippen molar-refractivity contribution in [2.75, 3.05) is 18.5 Å². The molecule has 4 rings (SSSR count). The maximum Gasteiger partial charge on any atom is 0.410 e. The lowest BCUT2D eigenvalue weighted by atomic mass is 9.97. The standard InChI is InChI=1S/C19H19BrClF3N4O2/c20-11-5-3-10(4-6-11)13-8-14(19(22,23)24)28-17(26-13)15(21)16(27-28)18(29)25-9-12-2-1-7-30-12/h3-6,12-14,26H,1-2,7-9H2,(H,25,29)/t12-,13-,14-/m0/s1. The minimum Gasteiger partial charge on any atom is -0.376 e. The maximum atomic E-state index is 13.8. The first kappa shape index (κ1) is 21.5. The lowest BCUT2D eigenvalue weighted by molar-refractivity contribution is -0.173. The van der Waals surface area contributed by atoms with E-state index in [2.05, 4.69) is 31.7 Å². The van der Waals surface area contributed by atoms with E-state index < -0.39 is 24.2 Å². The van der Waals surface area contributed by atoms with Crippen LogP contribution in [0.2, 0.25) is 5.02 Å². The predicted octanol–water partition coefficient (Wildman–Crippen LogP) is 4.87. The molecule has 0 aliphatic carbocycles. The monoisotopic (exact) mass is 506 g/mol. The summed E-state index contributed by atoms with van der Waals surface area (Å²) >= 11 is 9.63. The summed E-state index contributed by atoms with van der Waals surface area (Å²) in [5.41, 5.74) is 0.447. The molecule has 2 aliphatic rings. The highest BCUT2D eigenvalue weighted by atomic mass is 79.9. The quantitative estimate of drug-likeness (QED) is 0.620. The molecule has 11 heteroatoms. The number of nitrogens with one attached hydrogen (secondary N) is 2. The first-order valence-corrected chi connectivity index (χ1v) is 10.7. The van der Waals surface area contributed by atoms with Gasteiger partial charge in [0.1, 0.15) is 10.8 Å². The molecule has 0 radical (unpaired) electrons. The minimum absolute atomic E-state index is 0.0135. The van der Waals surface area contributed by atoms with Crippen LogP contribution in [0.5, 0.6) is 0 Å². The van der Waals surface area contributed by atoms with Gasteiger partial charge >= 0.3 is 6.18 Å². The van der Waals surface area contributed by atoms with E-state index in [4.69, 9.17) is 16.3 Å². The van der Waals surface area contributed by atoms with Crippen LogP contribution in [0.3, 0.4) is 0 Å². The number of amides is 1. The molecule has 162 valence electrons. The topological polar surface area (TPSA) is 68.2 Å². The number of aromatic nitrogens is 2. The summed E-state index contributed by atoms with van der Waals surface area (Å²) in [4.78, 5) is 12.5. The van der Waals surface area contributed by atoms with Gasteiger partial charge in [-0.3, -0.25) is 4.79 Å². The Morgan fingerprint density at radius 1 is 1.37 bits per heavy atom. The molecule has 1 fully saturated rings. The zero-order chi connectivity index (χ0) is 21.5. The van der Waals surface area contributed by atoms with Crippen molar-refractivity contribution in [2.45, 2.75) is 43.6 Å². The van der Waals surface area contributed by atoms with Crippen molar-refractivity contribution in [3.63, 3.8) is 0 Å². The Bertz CT molecular complexity index is 929. The van der Waals surface area contributed by atoms with E-state index in [1.807, 2.05) is 0 Å². The highest BCUT2D eigenvalue weighted by Gasteiger charge is 2.47. The van der Waals surface area contributed by atoms with Crippen molar-refractivity contribution in [2.24, 2.45) is 0 Å². The normalized spacial score (nSPS) is 23.7. The molecule has 0 saturated carbocycles. The van der Waals surface area contributed by atoms with Gasteiger partial charge in [-0.1, -0.05) is 39.7 Å². The van der Waals surface area contributed by atoms with Gasteiger partial charge in [0, 0.05) is 24.0 Å². The van der Waals surface area contributed by atoms with Crippen LogP contribution in [-0.2, 0) is 4.74 Å². The van der Waals surface area contributed by atoms with Crippen molar-refractivity contribution >= 4 is 39.3 Å². The summed E-state index contributed by atoms with van der Waals surface area (Å²) in [5.74, 6) is -0.638. The van der Waals surface area contributed by atoms with Gasteiger partial charge in [0.15, 0.2) is 11.7 Å². The second-order valence-electron chi connectivity index (χ2n) is 7.34. The Hall–Kier alpha value is -1.78. The fourth-order valence-corrected chi connectivity index (χ4v) is 4.27. The SMILES string of the molecule is O=C(NC[C@@H]1CCCO1)c1nn2c(c1Cl)N[C@H](c1ccc(Br)cc1)C[C@H]2C(F)(F)F. The molecule has 1 aromatic carbocycles. The minimum atomic E-state index is -4.55. The molecule has 30 heavy (non-hydrogen) atoms. The summed E-state index contributed by atoms with van der Waals surface area (Å²) in [6, 6.07) is 4.47. The molecule has 0 bridgehead atoms. The molecule has 1 amide bonds. The fourth-order valence-electron chi connectivity index (χ4n) is 3.74. The first-order valence-electron chi connectivity index (χ1n) is 9.50. The Morgan fingerprint density at radius 3 is 2.73 bits per heavy atom. The van der Waals surface area contributed by atoms with Crippen molar-refractivity contribution in [3.05, 3.63) is 45.0 Å². The van der Waals surface area contributed by atoms with E-state index in [-0.39, 0.29) is 35.6 Å². The van der Waals surface area contributed by atoms with E-state index in [1.165, 1.54) is 0 Å². The predicted molar refractivity (Wildman–Crippen MR) is 109 cm³/mol. The van der Waals surface area contributed by atoms with Crippen LogP contribution in [-0.4, -0.2) is 41.1 Å². The second-order valence-corrected chi connectivity index (χ2v) is 8.64. The highest BCUT2D eigenvalue weighted by Crippen LogP contribution is 2.46. The molecule has 1 saturated heterocycles. The van der Waals surface area contributed by atoms with E-state index in [1.54, 1.807) is 24.3 Å². The molecular weight excluding hydrogens is 489 g/mol. The largest absolute Gasteiger partial charge is 0.410 e. The van der Waals surface area contributed by atoms with Crippen molar-refractivity contribution in [1.29, 1.82) is 0 Å². The molecule has 0 spiro atoms. The Labute approximate surface area is 184 Å². The summed E-state index contributed by atoms with van der Waals surface area (Å²) in [6.45, 7) is 0.893. The summed E-state index contributed by atoms with van der Waals surface area (Å²) in [6.07, 6.45) is -3.19. The fraction of sp³-hybridized carbons (Fsp3) is 0.474. The number of nitrogens with zero attached hydrogens (tertiary/aromatic N) is 2. The number of anilines is 1. The molecular formula is C19H19BrClF3N4O2. The van der Waals surface area contributed by atoms with E-state index in [0.717, 1.165) is 22.0 Å². The van der Waals surface area contributed by atoms with Gasteiger partial charge in [0.05, 0.1) is 12.1 Å². The van der Waals surface area contributed by atoms with Gasteiger partial charge in [-0.05, 0) is 30.5 Å². The maximum absolute atomic E-state index is 13.8. The zero-order valence-corrected chi connectivity index (χ0v) is 18.0. The van der Waals surface area contributed by atoms with Gasteiger partial charge in [0.25, 0.3) is 5.91 Å². The van der Waals surface area contributed by atoms with Crippen LogP contribution >= 0.6 is 27.5 Å². The van der Waals surface area contributed by atoms with E-state index in [0.29, 0.717) is 12.2 Å². The van der Waals surface area contributed by atoms with Gasteiger partial charge in [-0.15, -0.1) is 0 Å². The van der Waals surface area contributed by atoms with E-state index in [9.17, 15) is 18.0 Å². The second kappa shape index (κ2) is 8.39. The van der Waals surface area contributed by atoms with Crippen molar-refractivity contribution in [1.82, 2.24) is 15.1 Å². The van der Waals surface area contributed by atoms with Crippen LogP contribution < -0.4 is 10.6 Å². The molecule has 2 N–H and O–H groups in total. The van der Waals surface area contributed by atoms with Crippen LogP contribution in [0, 0.1) is 0 Å². The number of hydrogen-bond donors (Lipinski definition) is 2. The number of ether oxygens (including phenoxy) is 1. The summed E-state index contributed by atoms with van der Waals surface area (Å²) in [7, 11) is 0. The number of rotatable bonds is 4. The number of halogens is 5. The van der Waals surface area contributed by atoms with Crippen molar-refractivity contribution in [3.8, 4) is 0 Å². The van der Waals surface area contributed by atoms with Gasteiger partial charge in [0.2, 0.25) is 0 Å². The van der Waals surface area contributed by atoms with Crippen LogP contribution in [0.1, 0.15) is 47.4 Å². The molecule has 3 atom stereocenters. The van der Waals surface area contributed by atoms with Gasteiger partial charge in [-0.25, -0.2) is 4.68 Å². The van der Waals surface area contributed by atoms with Crippen LogP contribution in [0.4, 0.5) is 19.0 Å². The third-order valence-electron chi connectivity index (χ3n) is 5.30. The van der Waals surface area contributed by atoms with Crippen molar-refractivity contribution < 1.29 is 22.7 Å². The van der Waals surface area contributed by atoms with Gasteiger partial charge in [-0.2, -0.15) is 18.3 Å². The number of carbonyl (C=O) groups excluding carboxylic acids is 1. The molecule has 3 heterocycles. The highest BCUT2D eigenvalue weighted by molar-refractivity contribution is 9.10. The third kappa shape index (κ3) is 4.31.